The van der Waals surface area contributed by atoms with E-state index in [2.05, 4.69) is 5.32 Å². The summed E-state index contributed by atoms with van der Waals surface area (Å²) in [5.74, 6) is -1.69. The lowest BCUT2D eigenvalue weighted by atomic mass is 10.1. The standard InChI is InChI=1S/C22H26N2O4S2/c1-3-4-10-17(21(27)28)23-19(25)11-12-24-20(26)18(30-22(24)29)14-15(2)13-16-8-6-5-7-9-16/h5-9,13-14,17H,3-4,10-12H2,1-2H3,(H,23,25)(H,27,28)/b15-13+,18-14+/t17-/m0/s1. The normalized spacial score (nSPS) is 16.8. The van der Waals surface area contributed by atoms with Crippen LogP contribution in [0, 0.1) is 0 Å². The number of benzene rings is 1. The molecule has 1 fully saturated rings. The number of nitrogens with one attached hydrogen (secondary N) is 1. The summed E-state index contributed by atoms with van der Waals surface area (Å²) >= 11 is 6.50. The highest BCUT2D eigenvalue weighted by atomic mass is 32.2. The maximum atomic E-state index is 12.7. The summed E-state index contributed by atoms with van der Waals surface area (Å²) in [6.07, 6.45) is 5.70. The third-order valence-electron chi connectivity index (χ3n) is 4.47. The lowest BCUT2D eigenvalue weighted by molar-refractivity contribution is -0.142. The average molecular weight is 447 g/mol. The van der Waals surface area contributed by atoms with Crippen LogP contribution in [0.4, 0.5) is 0 Å². The van der Waals surface area contributed by atoms with E-state index in [1.54, 1.807) is 6.08 Å². The number of hydrogen-bond acceptors (Lipinski definition) is 5. The first-order valence-electron chi connectivity index (χ1n) is 9.82. The number of rotatable bonds is 10. The molecule has 1 aliphatic heterocycles. The van der Waals surface area contributed by atoms with Crippen LogP contribution in [0.15, 0.2) is 46.9 Å². The van der Waals surface area contributed by atoms with Crippen molar-refractivity contribution in [1.82, 2.24) is 10.2 Å². The Hall–Kier alpha value is -2.45. The zero-order valence-electron chi connectivity index (χ0n) is 17.1. The molecule has 2 N–H and O–H groups in total. The van der Waals surface area contributed by atoms with E-state index in [1.807, 2.05) is 50.3 Å². The van der Waals surface area contributed by atoms with E-state index in [-0.39, 0.29) is 18.9 Å². The number of hydrogen-bond donors (Lipinski definition) is 2. The number of carboxylic acids is 1. The SMILES string of the molecule is CCCC[C@H](NC(=O)CCN1C(=O)/C(=C\C(C)=C\c2ccccc2)SC1=S)C(=O)O. The second-order valence-electron chi connectivity index (χ2n) is 6.98. The van der Waals surface area contributed by atoms with E-state index in [4.69, 9.17) is 12.2 Å². The van der Waals surface area contributed by atoms with Crippen molar-refractivity contribution >= 4 is 52.2 Å². The van der Waals surface area contributed by atoms with E-state index >= 15 is 0 Å². The first-order chi connectivity index (χ1) is 14.3. The Morgan fingerprint density at radius 1 is 1.30 bits per heavy atom. The van der Waals surface area contributed by atoms with Crippen molar-refractivity contribution in [2.75, 3.05) is 6.54 Å². The molecule has 1 saturated heterocycles. The number of aliphatic carboxylic acids is 1. The molecular weight excluding hydrogens is 420 g/mol. The molecule has 1 aromatic rings. The third-order valence-corrected chi connectivity index (χ3v) is 5.85. The van der Waals surface area contributed by atoms with Crippen molar-refractivity contribution in [3.63, 3.8) is 0 Å². The van der Waals surface area contributed by atoms with Gasteiger partial charge < -0.3 is 10.4 Å². The smallest absolute Gasteiger partial charge is 0.326 e. The summed E-state index contributed by atoms with van der Waals surface area (Å²) in [4.78, 5) is 38.0. The summed E-state index contributed by atoms with van der Waals surface area (Å²) in [5.41, 5.74) is 1.95. The number of unbranched alkanes of at least 4 members (excludes halogenated alkanes) is 1. The second-order valence-corrected chi connectivity index (χ2v) is 8.66. The van der Waals surface area contributed by atoms with Crippen LogP contribution < -0.4 is 5.32 Å². The fraction of sp³-hybridized carbons (Fsp3) is 0.364. The number of allylic oxidation sites excluding steroid dienone is 2. The van der Waals surface area contributed by atoms with E-state index < -0.39 is 17.9 Å². The Bertz CT molecular complexity index is 865. The lowest BCUT2D eigenvalue weighted by Crippen LogP contribution is -2.42. The van der Waals surface area contributed by atoms with E-state index in [0.717, 1.165) is 17.6 Å². The number of thiocarbonyl (C=S) groups is 1. The lowest BCUT2D eigenvalue weighted by Gasteiger charge is -2.17. The molecule has 30 heavy (non-hydrogen) atoms. The Kier molecular flexibility index (Phi) is 9.26. The highest BCUT2D eigenvalue weighted by Crippen LogP contribution is 2.32. The molecule has 2 rings (SSSR count). The Morgan fingerprint density at radius 2 is 2.00 bits per heavy atom. The summed E-state index contributed by atoms with van der Waals surface area (Å²) in [6, 6.07) is 8.88. The van der Waals surface area contributed by atoms with Crippen molar-refractivity contribution in [2.24, 2.45) is 0 Å². The number of carbonyl (C=O) groups excluding carboxylic acids is 2. The van der Waals surface area contributed by atoms with Crippen molar-refractivity contribution in [2.45, 2.75) is 45.6 Å². The van der Waals surface area contributed by atoms with Gasteiger partial charge in [0.05, 0.1) is 4.91 Å². The Morgan fingerprint density at radius 3 is 2.63 bits per heavy atom. The van der Waals surface area contributed by atoms with Gasteiger partial charge in [-0.15, -0.1) is 0 Å². The number of amides is 2. The first-order valence-corrected chi connectivity index (χ1v) is 11.0. The summed E-state index contributed by atoms with van der Waals surface area (Å²) in [5, 5.41) is 11.7. The molecule has 0 aromatic heterocycles. The minimum absolute atomic E-state index is 0.00549. The Labute approximate surface area is 186 Å². The van der Waals surface area contributed by atoms with Gasteiger partial charge in [-0.3, -0.25) is 14.5 Å². The molecule has 0 bridgehead atoms. The van der Waals surface area contributed by atoms with Gasteiger partial charge in [0.15, 0.2) is 0 Å². The minimum atomic E-state index is -1.05. The van der Waals surface area contributed by atoms with Crippen molar-refractivity contribution in [1.29, 1.82) is 0 Å². The fourth-order valence-corrected chi connectivity index (χ4v) is 4.26. The number of carbonyl (C=O) groups is 3. The molecule has 1 atom stereocenters. The van der Waals surface area contributed by atoms with Crippen LogP contribution in [0.5, 0.6) is 0 Å². The zero-order chi connectivity index (χ0) is 22.1. The summed E-state index contributed by atoms with van der Waals surface area (Å²) < 4.78 is 0.396. The maximum Gasteiger partial charge on any atom is 0.326 e. The number of nitrogens with zero attached hydrogens (tertiary/aromatic N) is 1. The predicted octanol–water partition coefficient (Wildman–Crippen LogP) is 3.98. The number of thioether (sulfide) groups is 1. The summed E-state index contributed by atoms with van der Waals surface area (Å²) in [7, 11) is 0. The quantitative estimate of drug-likeness (QED) is 0.418. The fourth-order valence-electron chi connectivity index (χ4n) is 2.90. The molecule has 0 saturated carbocycles. The highest BCUT2D eigenvalue weighted by Gasteiger charge is 2.32. The van der Waals surface area contributed by atoms with E-state index in [9.17, 15) is 19.5 Å². The predicted molar refractivity (Wildman–Crippen MR) is 124 cm³/mol. The van der Waals surface area contributed by atoms with Crippen LogP contribution in [0.2, 0.25) is 0 Å². The minimum Gasteiger partial charge on any atom is -0.480 e. The van der Waals surface area contributed by atoms with Crippen LogP contribution in [0.3, 0.4) is 0 Å². The van der Waals surface area contributed by atoms with Gasteiger partial charge in [0.25, 0.3) is 5.91 Å². The molecule has 0 spiro atoms. The second kappa shape index (κ2) is 11.7. The van der Waals surface area contributed by atoms with Crippen LogP contribution in [0.25, 0.3) is 6.08 Å². The number of carboxylic acid groups (broad SMARTS) is 1. The average Bonchev–Trinajstić information content (AvgIpc) is 2.96. The highest BCUT2D eigenvalue weighted by molar-refractivity contribution is 8.26. The van der Waals surface area contributed by atoms with Gasteiger partial charge in [0.2, 0.25) is 5.91 Å². The largest absolute Gasteiger partial charge is 0.480 e. The topological polar surface area (TPSA) is 86.7 Å². The zero-order valence-corrected chi connectivity index (χ0v) is 18.7. The van der Waals surface area contributed by atoms with Crippen LogP contribution in [-0.2, 0) is 14.4 Å². The molecule has 160 valence electrons. The third kappa shape index (κ3) is 7.11. The molecule has 8 heteroatoms. The van der Waals surface area contributed by atoms with Crippen LogP contribution in [-0.4, -0.2) is 44.7 Å². The molecule has 0 radical (unpaired) electrons. The molecule has 1 heterocycles. The summed E-state index contributed by atoms with van der Waals surface area (Å²) in [6.45, 7) is 3.99. The molecule has 1 aliphatic rings. The van der Waals surface area contributed by atoms with Gasteiger partial charge in [0.1, 0.15) is 10.4 Å². The molecule has 6 nitrogen and oxygen atoms in total. The maximum absolute atomic E-state index is 12.7. The molecule has 2 amide bonds. The van der Waals surface area contributed by atoms with Gasteiger partial charge >= 0.3 is 5.97 Å². The van der Waals surface area contributed by atoms with Gasteiger partial charge in [-0.2, -0.15) is 0 Å². The van der Waals surface area contributed by atoms with Crippen molar-refractivity contribution in [3.05, 3.63) is 52.4 Å². The van der Waals surface area contributed by atoms with Gasteiger partial charge in [-0.05, 0) is 30.6 Å². The first kappa shape index (κ1) is 23.8. The van der Waals surface area contributed by atoms with Gasteiger partial charge in [-0.1, -0.05) is 80.2 Å². The Balaban J connectivity index is 1.95. The molecule has 0 unspecified atom stereocenters. The molecule has 1 aromatic carbocycles. The molecular formula is C22H26N2O4S2. The van der Waals surface area contributed by atoms with Gasteiger partial charge in [0, 0.05) is 13.0 Å². The van der Waals surface area contributed by atoms with Gasteiger partial charge in [-0.25, -0.2) is 4.79 Å². The monoisotopic (exact) mass is 446 g/mol. The van der Waals surface area contributed by atoms with E-state index in [1.165, 1.54) is 16.7 Å². The molecule has 0 aliphatic carbocycles. The van der Waals surface area contributed by atoms with Crippen molar-refractivity contribution < 1.29 is 19.5 Å². The van der Waals surface area contributed by atoms with Crippen LogP contribution >= 0.6 is 24.0 Å². The van der Waals surface area contributed by atoms with Crippen molar-refractivity contribution in [3.8, 4) is 0 Å². The van der Waals surface area contributed by atoms with Crippen LogP contribution in [0.1, 0.15) is 45.1 Å². The van der Waals surface area contributed by atoms with E-state index in [0.29, 0.717) is 22.1 Å².